The van der Waals surface area contributed by atoms with Crippen molar-refractivity contribution in [3.05, 3.63) is 64.1 Å². The maximum absolute atomic E-state index is 12.0. The Kier molecular flexibility index (Phi) is 4.34. The van der Waals surface area contributed by atoms with Gasteiger partial charge in [-0.3, -0.25) is 4.72 Å². The van der Waals surface area contributed by atoms with E-state index < -0.39 is 10.0 Å². The average molecular weight is 316 g/mol. The molecule has 0 amide bonds. The lowest BCUT2D eigenvalue weighted by Gasteiger charge is -2.09. The highest BCUT2D eigenvalue weighted by atomic mass is 35.5. The van der Waals surface area contributed by atoms with Crippen molar-refractivity contribution in [2.24, 2.45) is 0 Å². The van der Waals surface area contributed by atoms with Crippen LogP contribution < -0.4 is 4.72 Å². The summed E-state index contributed by atoms with van der Waals surface area (Å²) in [6.45, 7) is 0. The normalized spacial score (nSPS) is 11.3. The van der Waals surface area contributed by atoms with Crippen LogP contribution in [-0.2, 0) is 15.8 Å². The molecule has 0 radical (unpaired) electrons. The molecule has 0 fully saturated rings. The highest BCUT2D eigenvalue weighted by Gasteiger charge is 2.13. The molecule has 0 unspecified atom stereocenters. The lowest BCUT2D eigenvalue weighted by molar-refractivity contribution is 0.600. The third-order valence-electron chi connectivity index (χ3n) is 2.42. The number of rotatable bonds is 4. The molecule has 0 spiro atoms. The second kappa shape index (κ2) is 5.82. The van der Waals surface area contributed by atoms with Crippen LogP contribution in [0.25, 0.3) is 0 Å². The molecule has 1 N–H and O–H groups in total. The predicted octanol–water partition coefficient (Wildman–Crippen LogP) is 3.94. The fourth-order valence-corrected chi connectivity index (χ4v) is 3.19. The second-order valence-corrected chi connectivity index (χ2v) is 6.53. The molecular formula is C13H11Cl2NO2S. The molecule has 0 bridgehead atoms. The number of nitrogens with one attached hydrogen (secondary N) is 1. The minimum absolute atomic E-state index is 0.171. The van der Waals surface area contributed by atoms with Crippen LogP contribution in [0.3, 0.4) is 0 Å². The standard InChI is InChI=1S/C13H11Cl2NO2S/c14-11-5-7-12(8-6-11)16-19(17,18)9-10-3-1-2-4-13(10)15/h1-8,16H,9H2. The van der Waals surface area contributed by atoms with Crippen molar-refractivity contribution >= 4 is 38.9 Å². The highest BCUT2D eigenvalue weighted by Crippen LogP contribution is 2.20. The Bertz CT molecular complexity index is 669. The van der Waals surface area contributed by atoms with Gasteiger partial charge in [-0.1, -0.05) is 41.4 Å². The third-order valence-corrected chi connectivity index (χ3v) is 4.28. The maximum Gasteiger partial charge on any atom is 0.236 e. The van der Waals surface area contributed by atoms with Crippen LogP contribution in [0.2, 0.25) is 10.0 Å². The van der Waals surface area contributed by atoms with Crippen molar-refractivity contribution in [2.45, 2.75) is 5.75 Å². The zero-order valence-corrected chi connectivity index (χ0v) is 12.1. The van der Waals surface area contributed by atoms with E-state index in [1.165, 1.54) is 0 Å². The SMILES string of the molecule is O=S(=O)(Cc1ccccc1Cl)Nc1ccc(Cl)cc1. The summed E-state index contributed by atoms with van der Waals surface area (Å²) in [7, 11) is -3.50. The van der Waals surface area contributed by atoms with Crippen molar-refractivity contribution in [1.29, 1.82) is 0 Å². The lowest BCUT2D eigenvalue weighted by atomic mass is 10.2. The molecule has 6 heteroatoms. The summed E-state index contributed by atoms with van der Waals surface area (Å²) in [5, 5.41) is 0.984. The maximum atomic E-state index is 12.0. The van der Waals surface area contributed by atoms with Crippen LogP contribution in [-0.4, -0.2) is 8.42 Å². The van der Waals surface area contributed by atoms with Gasteiger partial charge in [0.05, 0.1) is 5.75 Å². The molecule has 19 heavy (non-hydrogen) atoms. The first-order chi connectivity index (χ1) is 8.96. The van der Waals surface area contributed by atoms with E-state index in [0.717, 1.165) is 0 Å². The van der Waals surface area contributed by atoms with Crippen molar-refractivity contribution in [3.63, 3.8) is 0 Å². The average Bonchev–Trinajstić information content (AvgIpc) is 2.35. The molecular weight excluding hydrogens is 305 g/mol. The van der Waals surface area contributed by atoms with Crippen LogP contribution in [0.15, 0.2) is 48.5 Å². The van der Waals surface area contributed by atoms with E-state index in [1.54, 1.807) is 48.5 Å². The fourth-order valence-electron chi connectivity index (χ4n) is 1.55. The number of anilines is 1. The first kappa shape index (κ1) is 14.2. The Morgan fingerprint density at radius 2 is 1.58 bits per heavy atom. The monoisotopic (exact) mass is 315 g/mol. The Morgan fingerprint density at radius 1 is 0.947 bits per heavy atom. The van der Waals surface area contributed by atoms with Crippen LogP contribution in [0.4, 0.5) is 5.69 Å². The molecule has 0 aromatic heterocycles. The quantitative estimate of drug-likeness (QED) is 0.929. The number of hydrogen-bond donors (Lipinski definition) is 1. The second-order valence-electron chi connectivity index (χ2n) is 3.96. The molecule has 0 saturated heterocycles. The van der Waals surface area contributed by atoms with Crippen LogP contribution >= 0.6 is 23.2 Å². The van der Waals surface area contributed by atoms with Gasteiger partial charge in [0.25, 0.3) is 0 Å². The van der Waals surface area contributed by atoms with Gasteiger partial charge in [-0.05, 0) is 35.9 Å². The van der Waals surface area contributed by atoms with Crippen LogP contribution in [0.1, 0.15) is 5.56 Å². The minimum Gasteiger partial charge on any atom is -0.283 e. The zero-order valence-electron chi connectivity index (χ0n) is 9.81. The summed E-state index contributed by atoms with van der Waals surface area (Å²) in [6, 6.07) is 13.3. The first-order valence-corrected chi connectivity index (χ1v) is 7.86. The van der Waals surface area contributed by atoms with Gasteiger partial charge in [-0.15, -0.1) is 0 Å². The van der Waals surface area contributed by atoms with Gasteiger partial charge in [0.15, 0.2) is 0 Å². The molecule has 0 aliphatic carbocycles. The Balaban J connectivity index is 2.15. The highest BCUT2D eigenvalue weighted by molar-refractivity contribution is 7.91. The first-order valence-electron chi connectivity index (χ1n) is 5.46. The number of halogens is 2. The fraction of sp³-hybridized carbons (Fsp3) is 0.0769. The molecule has 0 atom stereocenters. The summed E-state index contributed by atoms with van der Waals surface area (Å²) in [5.74, 6) is -0.171. The minimum atomic E-state index is -3.50. The van der Waals surface area contributed by atoms with Gasteiger partial charge in [0, 0.05) is 15.7 Å². The molecule has 0 aliphatic heterocycles. The predicted molar refractivity (Wildman–Crippen MR) is 79.2 cm³/mol. The number of sulfonamides is 1. The summed E-state index contributed by atoms with van der Waals surface area (Å²) >= 11 is 11.7. The summed E-state index contributed by atoms with van der Waals surface area (Å²) in [5.41, 5.74) is 1.03. The van der Waals surface area contributed by atoms with E-state index in [4.69, 9.17) is 23.2 Å². The van der Waals surface area contributed by atoms with Crippen molar-refractivity contribution < 1.29 is 8.42 Å². The third kappa shape index (κ3) is 4.13. The number of hydrogen-bond acceptors (Lipinski definition) is 2. The van der Waals surface area contributed by atoms with Gasteiger partial charge >= 0.3 is 0 Å². The van der Waals surface area contributed by atoms with E-state index >= 15 is 0 Å². The topological polar surface area (TPSA) is 46.2 Å². The van der Waals surface area contributed by atoms with Gasteiger partial charge in [0.1, 0.15) is 0 Å². The smallest absolute Gasteiger partial charge is 0.236 e. The van der Waals surface area contributed by atoms with Gasteiger partial charge in [-0.2, -0.15) is 0 Å². The summed E-state index contributed by atoms with van der Waals surface area (Å²) in [6.07, 6.45) is 0. The summed E-state index contributed by atoms with van der Waals surface area (Å²) < 4.78 is 26.5. The van der Waals surface area contributed by atoms with Crippen LogP contribution in [0.5, 0.6) is 0 Å². The van der Waals surface area contributed by atoms with E-state index in [9.17, 15) is 8.42 Å². The van der Waals surface area contributed by atoms with Crippen molar-refractivity contribution in [1.82, 2.24) is 0 Å². The van der Waals surface area contributed by atoms with Crippen molar-refractivity contribution in [3.8, 4) is 0 Å². The molecule has 0 aliphatic rings. The molecule has 2 aromatic carbocycles. The van der Waals surface area contributed by atoms with E-state index in [1.807, 2.05) is 0 Å². The molecule has 3 nitrogen and oxygen atoms in total. The lowest BCUT2D eigenvalue weighted by Crippen LogP contribution is -2.15. The molecule has 100 valence electrons. The Morgan fingerprint density at radius 3 is 2.21 bits per heavy atom. The largest absolute Gasteiger partial charge is 0.283 e. The van der Waals surface area contributed by atoms with E-state index in [0.29, 0.717) is 21.3 Å². The van der Waals surface area contributed by atoms with E-state index in [-0.39, 0.29) is 5.75 Å². The summed E-state index contributed by atoms with van der Waals surface area (Å²) in [4.78, 5) is 0. The zero-order chi connectivity index (χ0) is 13.9. The number of benzene rings is 2. The van der Waals surface area contributed by atoms with E-state index in [2.05, 4.69) is 4.72 Å². The Labute approximate surface area is 122 Å². The molecule has 2 rings (SSSR count). The molecule has 0 saturated carbocycles. The molecule has 2 aromatic rings. The van der Waals surface area contributed by atoms with Gasteiger partial charge in [0.2, 0.25) is 10.0 Å². The van der Waals surface area contributed by atoms with Gasteiger partial charge in [-0.25, -0.2) is 8.42 Å². The molecule has 0 heterocycles. The van der Waals surface area contributed by atoms with Crippen molar-refractivity contribution in [2.75, 3.05) is 4.72 Å². The van der Waals surface area contributed by atoms with Gasteiger partial charge < -0.3 is 0 Å². The Hall–Kier alpha value is -1.23. The van der Waals surface area contributed by atoms with Crippen LogP contribution in [0, 0.1) is 0 Å².